The molecule has 3 fully saturated rings. The molecule has 3 rings (SSSR count). The van der Waals surface area contributed by atoms with Gasteiger partial charge in [0.25, 0.3) is 0 Å². The predicted molar refractivity (Wildman–Crippen MR) is 76.5 cm³/mol. The number of fused-ring (bicyclic) bond motifs is 1. The van der Waals surface area contributed by atoms with Crippen molar-refractivity contribution in [2.75, 3.05) is 26.3 Å². The second-order valence-electron chi connectivity index (χ2n) is 5.92. The third-order valence-corrected chi connectivity index (χ3v) is 4.51. The summed E-state index contributed by atoms with van der Waals surface area (Å²) < 4.78 is 10.8. The molecule has 0 aliphatic carbocycles. The van der Waals surface area contributed by atoms with Gasteiger partial charge in [-0.15, -0.1) is 0 Å². The zero-order valence-corrected chi connectivity index (χ0v) is 12.5. The van der Waals surface area contributed by atoms with E-state index in [4.69, 9.17) is 14.6 Å². The number of hydrogen-bond acceptors (Lipinski definition) is 6. The van der Waals surface area contributed by atoms with Gasteiger partial charge in [-0.2, -0.15) is 0 Å². The maximum absolute atomic E-state index is 12.3. The number of rotatable bonds is 5. The summed E-state index contributed by atoms with van der Waals surface area (Å²) in [4.78, 5) is 25.3. The first-order valence-corrected chi connectivity index (χ1v) is 7.87. The molecular weight excluding hydrogens is 288 g/mol. The van der Waals surface area contributed by atoms with Gasteiger partial charge in [-0.3, -0.25) is 9.69 Å². The molecule has 3 heterocycles. The highest BCUT2D eigenvalue weighted by atomic mass is 16.6. The lowest BCUT2D eigenvalue weighted by Crippen LogP contribution is -2.55. The number of amides is 1. The minimum Gasteiger partial charge on any atom is -0.472 e. The van der Waals surface area contributed by atoms with Crippen molar-refractivity contribution in [3.63, 3.8) is 0 Å². The monoisotopic (exact) mass is 310 g/mol. The Morgan fingerprint density at radius 3 is 2.91 bits per heavy atom. The topological polar surface area (TPSA) is 88.1 Å². The lowest BCUT2D eigenvalue weighted by Gasteiger charge is -2.33. The van der Waals surface area contributed by atoms with Crippen molar-refractivity contribution < 1.29 is 24.2 Å². The minimum absolute atomic E-state index is 0.119. The highest BCUT2D eigenvalue weighted by Gasteiger charge is 2.54. The molecule has 7 heteroatoms. The Balaban J connectivity index is 1.53. The molecule has 2 atom stereocenters. The Hall–Kier alpha value is -1.60. The number of β-lactam (4-membered cyclic amide) rings is 1. The predicted octanol–water partition coefficient (Wildman–Crippen LogP) is -0.247. The SMILES string of the molecule is O=C(OCCC1CCNCC1)[C@H]1/C(=C\CO)O[C@@H]2CC(=O)N21. The summed E-state index contributed by atoms with van der Waals surface area (Å²) in [5, 5.41) is 12.3. The quantitative estimate of drug-likeness (QED) is 0.538. The van der Waals surface area contributed by atoms with E-state index in [0.717, 1.165) is 32.4 Å². The second kappa shape index (κ2) is 6.66. The molecule has 1 amide bonds. The van der Waals surface area contributed by atoms with Gasteiger partial charge in [0.05, 0.1) is 19.6 Å². The molecule has 0 spiro atoms. The van der Waals surface area contributed by atoms with Crippen LogP contribution in [0.4, 0.5) is 0 Å². The molecule has 0 radical (unpaired) electrons. The maximum atomic E-state index is 12.3. The van der Waals surface area contributed by atoms with E-state index in [1.54, 1.807) is 0 Å². The summed E-state index contributed by atoms with van der Waals surface area (Å²) in [7, 11) is 0. The number of carbonyl (C=O) groups is 2. The fourth-order valence-electron chi connectivity index (χ4n) is 3.22. The smallest absolute Gasteiger partial charge is 0.336 e. The van der Waals surface area contributed by atoms with E-state index in [9.17, 15) is 9.59 Å². The van der Waals surface area contributed by atoms with Gasteiger partial charge in [0.2, 0.25) is 5.91 Å². The molecule has 0 aromatic heterocycles. The van der Waals surface area contributed by atoms with Crippen LogP contribution in [0.2, 0.25) is 0 Å². The van der Waals surface area contributed by atoms with Crippen molar-refractivity contribution in [1.82, 2.24) is 10.2 Å². The Morgan fingerprint density at radius 1 is 1.45 bits per heavy atom. The van der Waals surface area contributed by atoms with E-state index in [-0.39, 0.29) is 25.2 Å². The average Bonchev–Trinajstić information content (AvgIpc) is 2.81. The van der Waals surface area contributed by atoms with Gasteiger partial charge in [-0.25, -0.2) is 4.79 Å². The average molecular weight is 310 g/mol. The van der Waals surface area contributed by atoms with Crippen LogP contribution >= 0.6 is 0 Å². The molecule has 0 unspecified atom stereocenters. The number of piperidine rings is 1. The molecular formula is C15H22N2O5. The van der Waals surface area contributed by atoms with E-state index in [1.165, 1.54) is 11.0 Å². The van der Waals surface area contributed by atoms with Crippen LogP contribution in [0.25, 0.3) is 0 Å². The Labute approximate surface area is 129 Å². The summed E-state index contributed by atoms with van der Waals surface area (Å²) in [5.74, 6) is 0.320. The lowest BCUT2D eigenvalue weighted by atomic mass is 9.95. The van der Waals surface area contributed by atoms with Gasteiger partial charge < -0.3 is 19.9 Å². The fourth-order valence-corrected chi connectivity index (χ4v) is 3.22. The van der Waals surface area contributed by atoms with E-state index < -0.39 is 12.0 Å². The number of aliphatic hydroxyl groups is 1. The van der Waals surface area contributed by atoms with Gasteiger partial charge in [0.1, 0.15) is 5.76 Å². The van der Waals surface area contributed by atoms with Crippen LogP contribution in [0.3, 0.4) is 0 Å². The number of nitrogens with one attached hydrogen (secondary N) is 1. The first-order chi connectivity index (χ1) is 10.7. The summed E-state index contributed by atoms with van der Waals surface area (Å²) in [6, 6.07) is -0.827. The van der Waals surface area contributed by atoms with Crippen LogP contribution < -0.4 is 5.32 Å². The molecule has 3 saturated heterocycles. The summed E-state index contributed by atoms with van der Waals surface area (Å²) >= 11 is 0. The van der Waals surface area contributed by atoms with Gasteiger partial charge >= 0.3 is 5.97 Å². The Bertz CT molecular complexity index is 473. The molecule has 22 heavy (non-hydrogen) atoms. The summed E-state index contributed by atoms with van der Waals surface area (Å²) in [5.41, 5.74) is 0. The largest absolute Gasteiger partial charge is 0.472 e. The van der Waals surface area contributed by atoms with Crippen LogP contribution in [0.15, 0.2) is 11.8 Å². The molecule has 0 bridgehead atoms. The standard InChI is InChI=1S/C15H22N2O5/c18-7-3-11-14(17-12(19)9-13(17)22-11)15(20)21-8-4-10-1-5-16-6-2-10/h3,10,13-14,16,18H,1-2,4-9H2/b11-3+/t13-,14-/m1/s1. The van der Waals surface area contributed by atoms with Crippen LogP contribution in [0, 0.1) is 5.92 Å². The summed E-state index contributed by atoms with van der Waals surface area (Å²) in [6.07, 6.45) is 4.37. The van der Waals surface area contributed by atoms with Crippen molar-refractivity contribution in [2.24, 2.45) is 5.92 Å². The van der Waals surface area contributed by atoms with E-state index in [1.807, 2.05) is 0 Å². The number of hydrogen-bond donors (Lipinski definition) is 2. The zero-order chi connectivity index (χ0) is 15.5. The zero-order valence-electron chi connectivity index (χ0n) is 12.5. The van der Waals surface area contributed by atoms with Crippen LogP contribution in [0.5, 0.6) is 0 Å². The first kappa shape index (κ1) is 15.3. The highest BCUT2D eigenvalue weighted by Crippen LogP contribution is 2.36. The maximum Gasteiger partial charge on any atom is 0.336 e. The number of esters is 1. The van der Waals surface area contributed by atoms with Gasteiger partial charge in [0, 0.05) is 0 Å². The molecule has 0 aromatic rings. The van der Waals surface area contributed by atoms with Crippen molar-refractivity contribution in [2.45, 2.75) is 38.0 Å². The van der Waals surface area contributed by atoms with E-state index in [2.05, 4.69) is 5.32 Å². The second-order valence-corrected chi connectivity index (χ2v) is 5.92. The Kier molecular flexibility index (Phi) is 4.63. The molecule has 2 N–H and O–H groups in total. The molecule has 0 aromatic carbocycles. The van der Waals surface area contributed by atoms with Crippen molar-refractivity contribution in [1.29, 1.82) is 0 Å². The molecule has 3 aliphatic rings. The van der Waals surface area contributed by atoms with Crippen molar-refractivity contribution in [3.8, 4) is 0 Å². The van der Waals surface area contributed by atoms with E-state index >= 15 is 0 Å². The van der Waals surface area contributed by atoms with Crippen LogP contribution in [-0.4, -0.2) is 60.5 Å². The number of carbonyl (C=O) groups excluding carboxylic acids is 2. The molecule has 0 saturated carbocycles. The minimum atomic E-state index is -0.827. The number of aliphatic hydroxyl groups excluding tert-OH is 1. The highest BCUT2D eigenvalue weighted by molar-refractivity contribution is 5.91. The summed E-state index contributed by atoms with van der Waals surface area (Å²) in [6.45, 7) is 2.16. The van der Waals surface area contributed by atoms with Crippen molar-refractivity contribution in [3.05, 3.63) is 11.8 Å². The molecule has 3 aliphatic heterocycles. The number of ether oxygens (including phenoxy) is 2. The third kappa shape index (κ3) is 2.96. The van der Waals surface area contributed by atoms with Gasteiger partial charge in [-0.05, 0) is 44.3 Å². The first-order valence-electron chi connectivity index (χ1n) is 7.87. The van der Waals surface area contributed by atoms with Crippen molar-refractivity contribution >= 4 is 11.9 Å². The normalized spacial score (nSPS) is 30.0. The van der Waals surface area contributed by atoms with Crippen LogP contribution in [-0.2, 0) is 19.1 Å². The molecule has 122 valence electrons. The molecule has 7 nitrogen and oxygen atoms in total. The lowest BCUT2D eigenvalue weighted by molar-refractivity contribution is -0.165. The number of nitrogens with zero attached hydrogens (tertiary/aromatic N) is 1. The Morgan fingerprint density at radius 2 is 2.23 bits per heavy atom. The van der Waals surface area contributed by atoms with E-state index in [0.29, 0.717) is 18.3 Å². The fraction of sp³-hybridized carbons (Fsp3) is 0.733. The van der Waals surface area contributed by atoms with Crippen LogP contribution in [0.1, 0.15) is 25.7 Å². The van der Waals surface area contributed by atoms with Gasteiger partial charge in [-0.1, -0.05) is 0 Å². The van der Waals surface area contributed by atoms with Gasteiger partial charge in [0.15, 0.2) is 12.3 Å². The third-order valence-electron chi connectivity index (χ3n) is 4.51.